The number of phosphoric ester groups is 2. The lowest BCUT2D eigenvalue weighted by atomic mass is 9.99. The predicted molar refractivity (Wildman–Crippen MR) is 391 cm³/mol. The highest BCUT2D eigenvalue weighted by Gasteiger charge is 2.30. The third-order valence-electron chi connectivity index (χ3n) is 17.8. The van der Waals surface area contributed by atoms with Gasteiger partial charge in [-0.05, 0) is 57.3 Å². The van der Waals surface area contributed by atoms with Crippen LogP contribution in [0.3, 0.4) is 0 Å². The normalized spacial score (nSPS) is 14.4. The Morgan fingerprint density at radius 2 is 0.583 bits per heavy atom. The lowest BCUT2D eigenvalue weighted by Gasteiger charge is -2.21. The zero-order valence-electron chi connectivity index (χ0n) is 62.0. The summed E-state index contributed by atoms with van der Waals surface area (Å²) in [6, 6.07) is 0. The van der Waals surface area contributed by atoms with Crippen molar-refractivity contribution in [3.63, 3.8) is 0 Å². The number of hydrogen-bond acceptors (Lipinski definition) is 15. The molecule has 0 rings (SSSR count). The van der Waals surface area contributed by atoms with Gasteiger partial charge in [-0.2, -0.15) is 0 Å². The highest BCUT2D eigenvalue weighted by Crippen LogP contribution is 2.45. The zero-order chi connectivity index (χ0) is 70.5. The fourth-order valence-electron chi connectivity index (χ4n) is 11.3. The minimum Gasteiger partial charge on any atom is -0.462 e. The fraction of sp³-hybridized carbons (Fsp3) is 0.896. The molecule has 0 aliphatic carbocycles. The number of aliphatic hydroxyl groups is 1. The molecule has 6 atom stereocenters. The molecule has 17 nitrogen and oxygen atoms in total. The quantitative estimate of drug-likeness (QED) is 0.0169. The smallest absolute Gasteiger partial charge is 0.462 e. The van der Waals surface area contributed by atoms with Gasteiger partial charge in [-0.1, -0.05) is 329 Å². The average Bonchev–Trinajstić information content (AvgIpc) is 1.25. The number of phosphoric acid groups is 2. The van der Waals surface area contributed by atoms with Crippen LogP contribution < -0.4 is 0 Å². The molecule has 96 heavy (non-hydrogen) atoms. The molecule has 0 bridgehead atoms. The molecule has 0 aromatic heterocycles. The molecule has 0 amide bonds. The maximum atomic E-state index is 13.1. The summed E-state index contributed by atoms with van der Waals surface area (Å²) in [7, 11) is -9.92. The molecular weight excluding hydrogens is 1260 g/mol. The van der Waals surface area contributed by atoms with E-state index in [4.69, 9.17) is 37.0 Å². The number of unbranched alkanes of at least 4 members (excludes halogenated alkanes) is 43. The van der Waals surface area contributed by atoms with Crippen molar-refractivity contribution in [1.29, 1.82) is 0 Å². The summed E-state index contributed by atoms with van der Waals surface area (Å²) in [6.07, 6.45) is 61.6. The molecule has 0 aromatic rings. The number of aliphatic hydroxyl groups excluding tert-OH is 1. The fourth-order valence-corrected chi connectivity index (χ4v) is 12.9. The largest absolute Gasteiger partial charge is 0.472 e. The van der Waals surface area contributed by atoms with Gasteiger partial charge in [-0.3, -0.25) is 37.3 Å². The molecule has 0 heterocycles. The molecule has 3 unspecified atom stereocenters. The Labute approximate surface area is 586 Å². The van der Waals surface area contributed by atoms with Gasteiger partial charge in [0.1, 0.15) is 19.3 Å². The molecule has 19 heteroatoms. The molecule has 3 N–H and O–H groups in total. The van der Waals surface area contributed by atoms with Gasteiger partial charge in [0.25, 0.3) is 0 Å². The van der Waals surface area contributed by atoms with E-state index < -0.39 is 97.5 Å². The van der Waals surface area contributed by atoms with E-state index in [1.165, 1.54) is 186 Å². The van der Waals surface area contributed by atoms with Crippen LogP contribution in [0.4, 0.5) is 0 Å². The van der Waals surface area contributed by atoms with Gasteiger partial charge in [0, 0.05) is 25.7 Å². The Bertz CT molecular complexity index is 1940. The highest BCUT2D eigenvalue weighted by atomic mass is 31.2. The summed E-state index contributed by atoms with van der Waals surface area (Å²) < 4.78 is 68.5. The van der Waals surface area contributed by atoms with E-state index in [1.807, 2.05) is 0 Å². The molecule has 0 spiro atoms. The summed E-state index contributed by atoms with van der Waals surface area (Å²) in [5, 5.41) is 10.6. The summed E-state index contributed by atoms with van der Waals surface area (Å²) in [4.78, 5) is 72.9. The van der Waals surface area contributed by atoms with Crippen LogP contribution in [0.2, 0.25) is 0 Å². The summed E-state index contributed by atoms with van der Waals surface area (Å²) in [5.74, 6) is -1.36. The van der Waals surface area contributed by atoms with Crippen molar-refractivity contribution >= 4 is 39.5 Å². The Hall–Kier alpha value is -2.46. The van der Waals surface area contributed by atoms with E-state index >= 15 is 0 Å². The van der Waals surface area contributed by atoms with Crippen molar-refractivity contribution in [2.24, 2.45) is 5.92 Å². The molecule has 0 aromatic carbocycles. The third-order valence-corrected chi connectivity index (χ3v) is 19.7. The second-order valence-electron chi connectivity index (χ2n) is 27.3. The topological polar surface area (TPSA) is 237 Å². The number of ether oxygens (including phenoxy) is 4. The summed E-state index contributed by atoms with van der Waals surface area (Å²) in [6.45, 7) is 7.24. The van der Waals surface area contributed by atoms with Crippen molar-refractivity contribution in [3.8, 4) is 0 Å². The number of allylic oxidation sites excluding steroid dienone is 4. The molecule has 0 fully saturated rings. The molecular formula is C77H146O17P2. The van der Waals surface area contributed by atoms with Crippen LogP contribution in [0.25, 0.3) is 0 Å². The molecule has 0 aliphatic heterocycles. The van der Waals surface area contributed by atoms with Gasteiger partial charge in [0.2, 0.25) is 0 Å². The molecule has 566 valence electrons. The van der Waals surface area contributed by atoms with E-state index in [0.29, 0.717) is 25.7 Å². The first-order valence-electron chi connectivity index (χ1n) is 39.5. The number of carbonyl (C=O) groups excluding carboxylic acids is 4. The van der Waals surface area contributed by atoms with Crippen molar-refractivity contribution in [2.45, 2.75) is 400 Å². The van der Waals surface area contributed by atoms with Crippen LogP contribution >= 0.6 is 15.6 Å². The minimum absolute atomic E-state index is 0.102. The van der Waals surface area contributed by atoms with Crippen LogP contribution in [-0.4, -0.2) is 96.7 Å². The second kappa shape index (κ2) is 69.6. The standard InChI is InChI=1S/C77H146O17P2/c1-6-10-13-16-19-22-25-28-30-32-35-38-41-48-53-58-63-77(82)93-72(66-87-74(79)60-55-50-45-39-36-34-31-29-26-23-20-17-14-11-7-2)68-91-95(83,84)89-64-71(78)65-90-96(85,86)92-69-73(67-88-75(80)61-56-51-46-43-42-44-49-54-59-70(5)9-4)94-76(81)62-57-52-47-40-37-33-27-24-21-18-15-12-8-3/h23,26,29,31,70-73,78H,6-22,24-25,27-28,30,32-69H2,1-5H3,(H,83,84)(H,85,86)/b26-23-,31-29-/t70?,71-,72-,73-/m1/s1. The van der Waals surface area contributed by atoms with Gasteiger partial charge in [0.15, 0.2) is 12.2 Å². The van der Waals surface area contributed by atoms with Crippen LogP contribution in [0.5, 0.6) is 0 Å². The number of carbonyl (C=O) groups is 4. The van der Waals surface area contributed by atoms with E-state index in [1.54, 1.807) is 0 Å². The van der Waals surface area contributed by atoms with Crippen LogP contribution in [0.1, 0.15) is 381 Å². The van der Waals surface area contributed by atoms with Crippen LogP contribution in [0, 0.1) is 5.92 Å². The molecule has 0 saturated heterocycles. The zero-order valence-corrected chi connectivity index (χ0v) is 63.8. The Balaban J connectivity index is 5.30. The third kappa shape index (κ3) is 68.7. The van der Waals surface area contributed by atoms with Crippen molar-refractivity contribution < 1.29 is 80.2 Å². The van der Waals surface area contributed by atoms with E-state index in [9.17, 15) is 43.2 Å². The second-order valence-corrected chi connectivity index (χ2v) is 30.2. The lowest BCUT2D eigenvalue weighted by molar-refractivity contribution is -0.161. The maximum Gasteiger partial charge on any atom is 0.472 e. The Kier molecular flexibility index (Phi) is 67.8. The lowest BCUT2D eigenvalue weighted by Crippen LogP contribution is -2.30. The van der Waals surface area contributed by atoms with E-state index in [-0.39, 0.29) is 25.7 Å². The minimum atomic E-state index is -4.96. The Morgan fingerprint density at radius 3 is 0.885 bits per heavy atom. The first-order chi connectivity index (χ1) is 46.6. The van der Waals surface area contributed by atoms with Crippen molar-refractivity contribution in [1.82, 2.24) is 0 Å². The summed E-state index contributed by atoms with van der Waals surface area (Å²) in [5.41, 5.74) is 0. The number of hydrogen-bond donors (Lipinski definition) is 3. The first-order valence-corrected chi connectivity index (χ1v) is 42.5. The maximum absolute atomic E-state index is 13.1. The molecule has 0 saturated carbocycles. The highest BCUT2D eigenvalue weighted by molar-refractivity contribution is 7.47. The van der Waals surface area contributed by atoms with Gasteiger partial charge < -0.3 is 33.8 Å². The SMILES string of the molecule is CCCCCC/C=C\C=C/CCCCCCCC(=O)OC[C@H](COP(=O)(O)OC[C@@H](O)COP(=O)(O)OC[C@@H](COC(=O)CCCCCCCCCCC(C)CC)OC(=O)CCCCCCCCCCCCCCC)OC(=O)CCCCCCCCCCCCCCCCCC. The summed E-state index contributed by atoms with van der Waals surface area (Å²) >= 11 is 0. The van der Waals surface area contributed by atoms with Crippen LogP contribution in [-0.2, 0) is 65.4 Å². The monoisotopic (exact) mass is 1410 g/mol. The van der Waals surface area contributed by atoms with E-state index in [2.05, 4.69) is 58.9 Å². The van der Waals surface area contributed by atoms with Crippen molar-refractivity contribution in [3.05, 3.63) is 24.3 Å². The van der Waals surface area contributed by atoms with Gasteiger partial charge in [-0.15, -0.1) is 0 Å². The van der Waals surface area contributed by atoms with Crippen LogP contribution in [0.15, 0.2) is 24.3 Å². The van der Waals surface area contributed by atoms with Gasteiger partial charge in [-0.25, -0.2) is 9.13 Å². The van der Waals surface area contributed by atoms with Gasteiger partial charge in [0.05, 0.1) is 26.4 Å². The number of esters is 4. The predicted octanol–water partition coefficient (Wildman–Crippen LogP) is 22.4. The molecule has 0 radical (unpaired) electrons. The van der Waals surface area contributed by atoms with Gasteiger partial charge >= 0.3 is 39.5 Å². The van der Waals surface area contributed by atoms with Crippen molar-refractivity contribution in [2.75, 3.05) is 39.6 Å². The first kappa shape index (κ1) is 93.5. The average molecular weight is 1410 g/mol. The van der Waals surface area contributed by atoms with E-state index in [0.717, 1.165) is 115 Å². The number of rotatable bonds is 75. The Morgan fingerprint density at radius 1 is 0.333 bits per heavy atom. The molecule has 0 aliphatic rings.